The average molecular weight is 272 g/mol. The summed E-state index contributed by atoms with van der Waals surface area (Å²) in [5.74, 6) is 0. The van der Waals surface area contributed by atoms with Gasteiger partial charge in [0.1, 0.15) is 0 Å². The molecule has 1 heterocycles. The first-order chi connectivity index (χ1) is 9.80. The molecule has 0 spiro atoms. The normalized spacial score (nSPS) is 14.3. The van der Waals surface area contributed by atoms with Crippen molar-refractivity contribution < 1.29 is 4.74 Å². The van der Waals surface area contributed by atoms with Crippen molar-refractivity contribution in [1.29, 1.82) is 0 Å². The Morgan fingerprint density at radius 2 is 2.05 bits per heavy atom. The topological polar surface area (TPSA) is 34.1 Å². The van der Waals surface area contributed by atoms with E-state index in [9.17, 15) is 0 Å². The van der Waals surface area contributed by atoms with Gasteiger partial charge in [-0.1, -0.05) is 31.5 Å². The Hall–Kier alpha value is -1.45. The van der Waals surface area contributed by atoms with Crippen molar-refractivity contribution in [2.24, 2.45) is 0 Å². The minimum absolute atomic E-state index is 0.247. The van der Waals surface area contributed by atoms with E-state index in [1.54, 1.807) is 7.11 Å². The third kappa shape index (κ3) is 3.35. The summed E-state index contributed by atoms with van der Waals surface area (Å²) < 4.78 is 5.65. The van der Waals surface area contributed by atoms with Crippen LogP contribution in [0.4, 0.5) is 0 Å². The van der Waals surface area contributed by atoms with E-state index in [0.717, 1.165) is 24.8 Å². The number of aromatic nitrogens is 1. The van der Waals surface area contributed by atoms with Crippen molar-refractivity contribution in [3.8, 4) is 0 Å². The van der Waals surface area contributed by atoms with Crippen LogP contribution in [-0.2, 0) is 11.2 Å². The van der Waals surface area contributed by atoms with Crippen molar-refractivity contribution in [3.05, 3.63) is 42.1 Å². The molecule has 3 heteroatoms. The second-order valence-electron chi connectivity index (χ2n) is 5.15. The Morgan fingerprint density at radius 3 is 2.75 bits per heavy atom. The Kier molecular flexibility index (Phi) is 5.50. The van der Waals surface area contributed by atoms with Crippen LogP contribution in [0.25, 0.3) is 10.9 Å². The monoisotopic (exact) mass is 272 g/mol. The maximum Gasteiger partial charge on any atom is 0.0727 e. The quantitative estimate of drug-likeness (QED) is 0.840. The molecule has 20 heavy (non-hydrogen) atoms. The number of benzene rings is 1. The van der Waals surface area contributed by atoms with E-state index >= 15 is 0 Å². The van der Waals surface area contributed by atoms with Crippen LogP contribution in [0, 0.1) is 0 Å². The number of hydrogen-bond acceptors (Lipinski definition) is 3. The lowest BCUT2D eigenvalue weighted by molar-refractivity contribution is 0.0634. The number of fused-ring (bicyclic) bond motifs is 1. The standard InChI is InChI=1S/C17H24N2O/c1-4-7-17(20-3)16(18-2)12-13-10-11-19-15-9-6-5-8-14(13)15/h5-6,8-11,16-18H,4,7,12H2,1-3H3. The van der Waals surface area contributed by atoms with E-state index in [4.69, 9.17) is 4.74 Å². The highest BCUT2D eigenvalue weighted by atomic mass is 16.5. The van der Waals surface area contributed by atoms with Crippen LogP contribution in [0.2, 0.25) is 0 Å². The molecule has 0 aliphatic rings. The molecule has 0 aliphatic carbocycles. The number of nitrogens with zero attached hydrogens (tertiary/aromatic N) is 1. The molecular formula is C17H24N2O. The number of nitrogens with one attached hydrogen (secondary N) is 1. The van der Waals surface area contributed by atoms with Crippen molar-refractivity contribution in [2.45, 2.75) is 38.3 Å². The number of pyridine rings is 1. The molecule has 0 saturated carbocycles. The van der Waals surface area contributed by atoms with Crippen LogP contribution < -0.4 is 5.32 Å². The SMILES string of the molecule is CCCC(OC)C(Cc1ccnc2ccccc12)NC. The molecule has 0 bridgehead atoms. The molecule has 1 N–H and O–H groups in total. The number of rotatable bonds is 7. The maximum absolute atomic E-state index is 5.65. The fourth-order valence-electron chi connectivity index (χ4n) is 2.76. The van der Waals surface area contributed by atoms with Crippen LogP contribution in [0.5, 0.6) is 0 Å². The summed E-state index contributed by atoms with van der Waals surface area (Å²) in [4.78, 5) is 4.42. The summed E-state index contributed by atoms with van der Waals surface area (Å²) in [5, 5.41) is 4.64. The van der Waals surface area contributed by atoms with Gasteiger partial charge in [0.25, 0.3) is 0 Å². The number of hydrogen-bond donors (Lipinski definition) is 1. The van der Waals surface area contributed by atoms with Crippen LogP contribution in [0.15, 0.2) is 36.5 Å². The Bertz CT molecular complexity index is 536. The van der Waals surface area contributed by atoms with E-state index in [2.05, 4.69) is 41.5 Å². The smallest absolute Gasteiger partial charge is 0.0727 e. The first kappa shape index (κ1) is 14.9. The minimum atomic E-state index is 0.247. The van der Waals surface area contributed by atoms with Gasteiger partial charge in [0.15, 0.2) is 0 Å². The zero-order chi connectivity index (χ0) is 14.4. The van der Waals surface area contributed by atoms with Crippen molar-refractivity contribution in [1.82, 2.24) is 10.3 Å². The zero-order valence-electron chi connectivity index (χ0n) is 12.6. The molecule has 0 amide bonds. The molecule has 2 rings (SSSR count). The predicted molar refractivity (Wildman–Crippen MR) is 84.0 cm³/mol. The predicted octanol–water partition coefficient (Wildman–Crippen LogP) is 3.18. The van der Waals surface area contributed by atoms with Crippen LogP contribution in [0.3, 0.4) is 0 Å². The lowest BCUT2D eigenvalue weighted by Gasteiger charge is -2.26. The second kappa shape index (κ2) is 7.36. The van der Waals surface area contributed by atoms with Gasteiger partial charge >= 0.3 is 0 Å². The first-order valence-corrected chi connectivity index (χ1v) is 7.32. The molecule has 0 fully saturated rings. The Labute approximate surface area is 121 Å². The Morgan fingerprint density at radius 1 is 1.25 bits per heavy atom. The summed E-state index contributed by atoms with van der Waals surface area (Å²) >= 11 is 0. The first-order valence-electron chi connectivity index (χ1n) is 7.32. The van der Waals surface area contributed by atoms with Gasteiger partial charge < -0.3 is 10.1 Å². The average Bonchev–Trinajstić information content (AvgIpc) is 2.50. The van der Waals surface area contributed by atoms with Gasteiger partial charge in [-0.05, 0) is 37.6 Å². The third-order valence-corrected chi connectivity index (χ3v) is 3.87. The molecule has 2 unspecified atom stereocenters. The van der Waals surface area contributed by atoms with E-state index < -0.39 is 0 Å². The molecule has 2 aromatic rings. The number of ether oxygens (including phenoxy) is 1. The fraction of sp³-hybridized carbons (Fsp3) is 0.471. The molecule has 0 saturated heterocycles. The van der Waals surface area contributed by atoms with Crippen molar-refractivity contribution in [2.75, 3.05) is 14.2 Å². The largest absolute Gasteiger partial charge is 0.380 e. The number of likely N-dealkylation sites (N-methyl/N-ethyl adjacent to an activating group) is 1. The van der Waals surface area contributed by atoms with E-state index in [-0.39, 0.29) is 6.10 Å². The summed E-state index contributed by atoms with van der Waals surface area (Å²) in [7, 11) is 3.81. The highest BCUT2D eigenvalue weighted by Crippen LogP contribution is 2.20. The van der Waals surface area contributed by atoms with E-state index in [1.165, 1.54) is 10.9 Å². The van der Waals surface area contributed by atoms with Crippen molar-refractivity contribution in [3.63, 3.8) is 0 Å². The summed E-state index contributed by atoms with van der Waals surface area (Å²) in [6, 6.07) is 10.8. The van der Waals surface area contributed by atoms with E-state index in [0.29, 0.717) is 6.04 Å². The lowest BCUT2D eigenvalue weighted by Crippen LogP contribution is -2.40. The van der Waals surface area contributed by atoms with Gasteiger partial charge in [0.05, 0.1) is 11.6 Å². The second-order valence-corrected chi connectivity index (χ2v) is 5.15. The van der Waals surface area contributed by atoms with Crippen molar-refractivity contribution >= 4 is 10.9 Å². The molecule has 3 nitrogen and oxygen atoms in total. The van der Waals surface area contributed by atoms with E-state index in [1.807, 2.05) is 19.3 Å². The van der Waals surface area contributed by atoms with Gasteiger partial charge in [-0.2, -0.15) is 0 Å². The van der Waals surface area contributed by atoms with Gasteiger partial charge in [-0.15, -0.1) is 0 Å². The molecule has 1 aromatic carbocycles. The molecule has 2 atom stereocenters. The molecule has 0 aliphatic heterocycles. The van der Waals surface area contributed by atoms with Gasteiger partial charge in [-0.25, -0.2) is 0 Å². The molecular weight excluding hydrogens is 248 g/mol. The van der Waals surface area contributed by atoms with Gasteiger partial charge in [-0.3, -0.25) is 4.98 Å². The lowest BCUT2D eigenvalue weighted by atomic mass is 9.96. The van der Waals surface area contributed by atoms with Gasteiger partial charge in [0.2, 0.25) is 0 Å². The molecule has 108 valence electrons. The summed E-state index contributed by atoms with van der Waals surface area (Å²) in [6.07, 6.45) is 5.31. The zero-order valence-corrected chi connectivity index (χ0v) is 12.6. The highest BCUT2D eigenvalue weighted by Gasteiger charge is 2.20. The third-order valence-electron chi connectivity index (χ3n) is 3.87. The Balaban J connectivity index is 2.25. The van der Waals surface area contributed by atoms with Gasteiger partial charge in [0, 0.05) is 24.7 Å². The molecule has 1 aromatic heterocycles. The fourth-order valence-corrected chi connectivity index (χ4v) is 2.76. The maximum atomic E-state index is 5.65. The molecule has 0 radical (unpaired) electrons. The number of methoxy groups -OCH3 is 1. The highest BCUT2D eigenvalue weighted by molar-refractivity contribution is 5.81. The van der Waals surface area contributed by atoms with Crippen LogP contribution >= 0.6 is 0 Å². The summed E-state index contributed by atoms with van der Waals surface area (Å²) in [6.45, 7) is 2.20. The summed E-state index contributed by atoms with van der Waals surface area (Å²) in [5.41, 5.74) is 2.39. The van der Waals surface area contributed by atoms with Crippen LogP contribution in [0.1, 0.15) is 25.3 Å². The minimum Gasteiger partial charge on any atom is -0.380 e. The number of para-hydroxylation sites is 1. The van der Waals surface area contributed by atoms with Crippen LogP contribution in [-0.4, -0.2) is 31.3 Å².